The highest BCUT2D eigenvalue weighted by molar-refractivity contribution is 7.49. The van der Waals surface area contributed by atoms with Crippen molar-refractivity contribution in [1.82, 2.24) is 0 Å². The number of para-hydroxylation sites is 2. The van der Waals surface area contributed by atoms with Gasteiger partial charge in [0, 0.05) is 27.4 Å². The molecule has 0 amide bonds. The quantitative estimate of drug-likeness (QED) is 0.0788. The molecule has 2 aromatic carbocycles. The first-order valence-electron chi connectivity index (χ1n) is 15.1. The summed E-state index contributed by atoms with van der Waals surface area (Å²) in [5, 5.41) is 0. The fraction of sp³-hybridized carbons (Fsp3) is 0.531. The molecule has 0 aliphatic carbocycles. The molecule has 2 aromatic rings. The zero-order valence-corrected chi connectivity index (χ0v) is 27.1. The number of phosphoric ester groups is 1. The van der Waals surface area contributed by atoms with E-state index in [1.165, 1.54) is 20.8 Å². The Kier molecular flexibility index (Phi) is 14.8. The average molecular weight is 651 g/mol. The van der Waals surface area contributed by atoms with Crippen LogP contribution >= 0.6 is 7.82 Å². The second-order valence-electron chi connectivity index (χ2n) is 10.5. The van der Waals surface area contributed by atoms with Gasteiger partial charge in [-0.1, -0.05) is 75.4 Å². The summed E-state index contributed by atoms with van der Waals surface area (Å²) in [6, 6.07) is 16.4. The highest BCUT2D eigenvalue weighted by Crippen LogP contribution is 2.52. The fourth-order valence-electron chi connectivity index (χ4n) is 4.65. The Balaban J connectivity index is 1.97. The molecule has 5 atom stereocenters. The predicted octanol–water partition coefficient (Wildman–Crippen LogP) is 6.17. The third-order valence-corrected chi connectivity index (χ3v) is 7.94. The van der Waals surface area contributed by atoms with Crippen LogP contribution in [0.1, 0.15) is 66.2 Å². The van der Waals surface area contributed by atoms with Gasteiger partial charge < -0.3 is 32.7 Å². The Morgan fingerprint density at radius 3 is 1.78 bits per heavy atom. The standard InChI is InChI=1S/C32H43O12P/c1-5-6-7-8-9-16-21-37-30-29(39-24(3)34)28(22-38-23(2)33)41-32(31(30)40-25(4)35)44-45(36,42-26-17-12-10-13-18-26)43-27-19-14-11-15-20-27/h10-15,17-20,28-32H,5-9,16,21-22H2,1-4H3/t28-,29-,30+,31-,32-/m1/s1. The van der Waals surface area contributed by atoms with Crippen LogP contribution in [-0.2, 0) is 47.2 Å². The van der Waals surface area contributed by atoms with Crippen molar-refractivity contribution < 1.29 is 56.2 Å². The lowest BCUT2D eigenvalue weighted by atomic mass is 9.98. The summed E-state index contributed by atoms with van der Waals surface area (Å²) in [4.78, 5) is 36.3. The summed E-state index contributed by atoms with van der Waals surface area (Å²) >= 11 is 0. The summed E-state index contributed by atoms with van der Waals surface area (Å²) in [5.74, 6) is -1.68. The van der Waals surface area contributed by atoms with Crippen LogP contribution in [0.5, 0.6) is 11.5 Å². The van der Waals surface area contributed by atoms with Crippen LogP contribution in [0.4, 0.5) is 0 Å². The molecule has 0 N–H and O–H groups in total. The predicted molar refractivity (Wildman–Crippen MR) is 162 cm³/mol. The molecular weight excluding hydrogens is 607 g/mol. The molecule has 248 valence electrons. The van der Waals surface area contributed by atoms with Gasteiger partial charge in [0.05, 0.1) is 0 Å². The van der Waals surface area contributed by atoms with Crippen molar-refractivity contribution in [3.8, 4) is 11.5 Å². The molecule has 0 saturated carbocycles. The van der Waals surface area contributed by atoms with Gasteiger partial charge in [-0.2, -0.15) is 0 Å². The molecule has 0 spiro atoms. The van der Waals surface area contributed by atoms with Crippen molar-refractivity contribution >= 4 is 25.7 Å². The maximum atomic E-state index is 14.3. The Bertz CT molecular complexity index is 1200. The van der Waals surface area contributed by atoms with Gasteiger partial charge in [0.25, 0.3) is 0 Å². The molecule has 0 bridgehead atoms. The Labute approximate surface area is 264 Å². The number of benzene rings is 2. The van der Waals surface area contributed by atoms with Crippen molar-refractivity contribution in [1.29, 1.82) is 0 Å². The Morgan fingerprint density at radius 2 is 1.24 bits per heavy atom. The van der Waals surface area contributed by atoms with E-state index in [4.69, 9.17) is 37.3 Å². The first kappa shape index (κ1) is 36.0. The number of hydrogen-bond acceptors (Lipinski definition) is 12. The van der Waals surface area contributed by atoms with E-state index in [0.717, 1.165) is 32.1 Å². The molecule has 1 aliphatic heterocycles. The molecular formula is C32H43O12P. The largest absolute Gasteiger partial charge is 0.590 e. The van der Waals surface area contributed by atoms with E-state index < -0.39 is 56.4 Å². The molecule has 1 saturated heterocycles. The second-order valence-corrected chi connectivity index (χ2v) is 11.9. The van der Waals surface area contributed by atoms with Gasteiger partial charge >= 0.3 is 25.7 Å². The zero-order chi connectivity index (χ0) is 32.7. The van der Waals surface area contributed by atoms with E-state index >= 15 is 0 Å². The van der Waals surface area contributed by atoms with Crippen LogP contribution in [-0.4, -0.2) is 61.8 Å². The summed E-state index contributed by atoms with van der Waals surface area (Å²) < 4.78 is 60.4. The molecule has 1 aliphatic rings. The molecule has 0 radical (unpaired) electrons. The number of phosphoric acid groups is 1. The summed E-state index contributed by atoms with van der Waals surface area (Å²) in [5.41, 5.74) is 0. The summed E-state index contributed by atoms with van der Waals surface area (Å²) in [6.45, 7) is 5.57. The van der Waals surface area contributed by atoms with Crippen LogP contribution in [0.3, 0.4) is 0 Å². The van der Waals surface area contributed by atoms with E-state index in [2.05, 4.69) is 6.92 Å². The minimum Gasteiger partial charge on any atom is -0.463 e. The monoisotopic (exact) mass is 650 g/mol. The highest BCUT2D eigenvalue weighted by Gasteiger charge is 2.54. The lowest BCUT2D eigenvalue weighted by Crippen LogP contribution is -2.62. The van der Waals surface area contributed by atoms with Gasteiger partial charge in [-0.05, 0) is 30.7 Å². The van der Waals surface area contributed by atoms with Crippen LogP contribution in [0.2, 0.25) is 0 Å². The van der Waals surface area contributed by atoms with Crippen LogP contribution < -0.4 is 9.05 Å². The number of rotatable bonds is 18. The van der Waals surface area contributed by atoms with Gasteiger partial charge in [-0.25, -0.2) is 9.09 Å². The summed E-state index contributed by atoms with van der Waals surface area (Å²) in [7, 11) is -4.59. The molecule has 12 nitrogen and oxygen atoms in total. The normalized spacial score (nSPS) is 21.4. The Hall–Kier alpha value is -3.44. The maximum Gasteiger partial charge on any atom is 0.590 e. The summed E-state index contributed by atoms with van der Waals surface area (Å²) in [6.07, 6.45) is -0.602. The first-order valence-corrected chi connectivity index (χ1v) is 16.6. The number of unbranched alkanes of at least 4 members (excludes halogenated alkanes) is 5. The number of ether oxygens (including phenoxy) is 5. The molecule has 0 aromatic heterocycles. The molecule has 1 fully saturated rings. The second kappa shape index (κ2) is 18.5. The van der Waals surface area contributed by atoms with E-state index in [0.29, 0.717) is 6.42 Å². The lowest BCUT2D eigenvalue weighted by molar-refractivity contribution is -0.295. The van der Waals surface area contributed by atoms with Crippen molar-refractivity contribution in [3.63, 3.8) is 0 Å². The van der Waals surface area contributed by atoms with Crippen molar-refractivity contribution in [2.24, 2.45) is 0 Å². The minimum absolute atomic E-state index is 0.168. The van der Waals surface area contributed by atoms with Gasteiger partial charge in [0.15, 0.2) is 12.2 Å². The number of hydrogen-bond donors (Lipinski definition) is 0. The minimum atomic E-state index is -4.59. The lowest BCUT2D eigenvalue weighted by Gasteiger charge is -2.44. The number of carbonyl (C=O) groups excluding carboxylic acids is 3. The fourth-order valence-corrected chi connectivity index (χ4v) is 5.96. The smallest absolute Gasteiger partial charge is 0.463 e. The first-order chi connectivity index (χ1) is 21.6. The van der Waals surface area contributed by atoms with Gasteiger partial charge in [0.2, 0.25) is 6.29 Å². The molecule has 1 heterocycles. The third-order valence-electron chi connectivity index (χ3n) is 6.61. The molecule has 0 unspecified atom stereocenters. The molecule has 45 heavy (non-hydrogen) atoms. The van der Waals surface area contributed by atoms with E-state index in [1.54, 1.807) is 60.7 Å². The van der Waals surface area contributed by atoms with Crippen molar-refractivity contribution in [2.45, 2.75) is 96.9 Å². The van der Waals surface area contributed by atoms with Crippen molar-refractivity contribution in [2.75, 3.05) is 13.2 Å². The number of esters is 3. The van der Waals surface area contributed by atoms with Gasteiger partial charge in [0.1, 0.15) is 30.3 Å². The van der Waals surface area contributed by atoms with Crippen LogP contribution in [0.15, 0.2) is 60.7 Å². The third kappa shape index (κ3) is 12.5. The van der Waals surface area contributed by atoms with Gasteiger partial charge in [-0.15, -0.1) is 0 Å². The van der Waals surface area contributed by atoms with E-state index in [-0.39, 0.29) is 24.7 Å². The van der Waals surface area contributed by atoms with E-state index in [1.807, 2.05) is 0 Å². The zero-order valence-electron chi connectivity index (χ0n) is 26.2. The van der Waals surface area contributed by atoms with Gasteiger partial charge in [-0.3, -0.25) is 14.4 Å². The topological polar surface area (TPSA) is 142 Å². The van der Waals surface area contributed by atoms with Crippen molar-refractivity contribution in [3.05, 3.63) is 60.7 Å². The Morgan fingerprint density at radius 1 is 0.711 bits per heavy atom. The van der Waals surface area contributed by atoms with E-state index in [9.17, 15) is 18.9 Å². The SMILES string of the molecule is CCCCCCCCO[C@@H]1[C@@H](OC(C)=O)[C@@H](OP(=O)(Oc2ccccc2)Oc2ccccc2)O[C@H](COC(C)=O)[C@H]1OC(C)=O. The maximum absolute atomic E-state index is 14.3. The molecule has 3 rings (SSSR count). The van der Waals surface area contributed by atoms with Crippen LogP contribution in [0.25, 0.3) is 0 Å². The highest BCUT2D eigenvalue weighted by atomic mass is 31.2. The van der Waals surface area contributed by atoms with Crippen LogP contribution in [0, 0.1) is 0 Å². The number of carbonyl (C=O) groups is 3. The average Bonchev–Trinajstić information content (AvgIpc) is 2.98. The molecule has 13 heteroatoms.